The molecule has 1 aromatic carbocycles. The van der Waals surface area contributed by atoms with Crippen LogP contribution in [-0.4, -0.2) is 20.5 Å². The molecule has 3 rings (SSSR count). The number of rotatable bonds is 6. The summed E-state index contributed by atoms with van der Waals surface area (Å²) < 4.78 is 3.23. The number of aromatic nitrogens is 3. The van der Waals surface area contributed by atoms with Gasteiger partial charge in [-0.15, -0.1) is 10.2 Å². The van der Waals surface area contributed by atoms with Crippen LogP contribution in [0.25, 0.3) is 0 Å². The summed E-state index contributed by atoms with van der Waals surface area (Å²) in [6.45, 7) is 4.72. The zero-order valence-corrected chi connectivity index (χ0v) is 13.5. The molecule has 1 saturated carbocycles. The number of hydrogen-bond donors (Lipinski definition) is 0. The lowest BCUT2D eigenvalue weighted by molar-refractivity contribution is 0.668. The summed E-state index contributed by atoms with van der Waals surface area (Å²) >= 11 is 5.08. The van der Waals surface area contributed by atoms with Crippen LogP contribution in [0.5, 0.6) is 0 Å². The SMILES string of the molecule is C=C(Br)CSc1nnc(C2CC2)n1Cc1ccccc1. The Kier molecular flexibility index (Phi) is 4.27. The first-order valence-corrected chi connectivity index (χ1v) is 8.45. The van der Waals surface area contributed by atoms with E-state index in [4.69, 9.17) is 0 Å². The van der Waals surface area contributed by atoms with Crippen LogP contribution in [0.3, 0.4) is 0 Å². The molecule has 1 heterocycles. The molecule has 0 aliphatic heterocycles. The zero-order chi connectivity index (χ0) is 13.9. The second-order valence-electron chi connectivity index (χ2n) is 4.99. The molecule has 0 spiro atoms. The Morgan fingerprint density at radius 1 is 1.30 bits per heavy atom. The second kappa shape index (κ2) is 6.14. The van der Waals surface area contributed by atoms with E-state index in [-0.39, 0.29) is 0 Å². The van der Waals surface area contributed by atoms with Gasteiger partial charge in [-0.1, -0.05) is 64.6 Å². The van der Waals surface area contributed by atoms with E-state index in [1.165, 1.54) is 18.4 Å². The molecule has 0 saturated heterocycles. The molecular formula is C15H16BrN3S. The molecule has 0 radical (unpaired) electrons. The normalized spacial score (nSPS) is 14.4. The first kappa shape index (κ1) is 13.9. The van der Waals surface area contributed by atoms with Crippen molar-refractivity contribution in [3.05, 3.63) is 52.8 Å². The van der Waals surface area contributed by atoms with Crippen LogP contribution in [0.2, 0.25) is 0 Å². The number of halogens is 1. The van der Waals surface area contributed by atoms with Gasteiger partial charge in [-0.05, 0) is 22.9 Å². The van der Waals surface area contributed by atoms with E-state index < -0.39 is 0 Å². The van der Waals surface area contributed by atoms with Gasteiger partial charge in [0.25, 0.3) is 0 Å². The quantitative estimate of drug-likeness (QED) is 0.732. The predicted molar refractivity (Wildman–Crippen MR) is 86.3 cm³/mol. The molecule has 5 heteroatoms. The van der Waals surface area contributed by atoms with E-state index in [0.29, 0.717) is 5.92 Å². The summed E-state index contributed by atoms with van der Waals surface area (Å²) in [5, 5.41) is 9.74. The van der Waals surface area contributed by atoms with Gasteiger partial charge in [0.1, 0.15) is 5.82 Å². The maximum atomic E-state index is 4.40. The summed E-state index contributed by atoms with van der Waals surface area (Å²) in [4.78, 5) is 0. The highest BCUT2D eigenvalue weighted by Crippen LogP contribution is 2.40. The van der Waals surface area contributed by atoms with Gasteiger partial charge in [-0.25, -0.2) is 0 Å². The van der Waals surface area contributed by atoms with Gasteiger partial charge in [0.2, 0.25) is 0 Å². The molecule has 2 aromatic rings. The molecule has 0 atom stereocenters. The van der Waals surface area contributed by atoms with Crippen LogP contribution < -0.4 is 0 Å². The van der Waals surface area contributed by atoms with E-state index in [0.717, 1.165) is 27.8 Å². The molecule has 20 heavy (non-hydrogen) atoms. The molecular weight excluding hydrogens is 334 g/mol. The van der Waals surface area contributed by atoms with E-state index in [9.17, 15) is 0 Å². The van der Waals surface area contributed by atoms with E-state index in [1.807, 2.05) is 6.07 Å². The van der Waals surface area contributed by atoms with Gasteiger partial charge < -0.3 is 4.57 Å². The predicted octanol–water partition coefficient (Wildman–Crippen LogP) is 4.20. The summed E-state index contributed by atoms with van der Waals surface area (Å²) in [5.74, 6) is 2.56. The molecule has 104 valence electrons. The Bertz CT molecular complexity index is 605. The number of thioether (sulfide) groups is 1. The summed E-state index contributed by atoms with van der Waals surface area (Å²) in [5.41, 5.74) is 1.29. The molecule has 3 nitrogen and oxygen atoms in total. The fraction of sp³-hybridized carbons (Fsp3) is 0.333. The zero-order valence-electron chi connectivity index (χ0n) is 11.1. The maximum Gasteiger partial charge on any atom is 0.191 e. The van der Waals surface area contributed by atoms with Crippen molar-refractivity contribution >= 4 is 27.7 Å². The first-order chi connectivity index (χ1) is 9.74. The third-order valence-electron chi connectivity index (χ3n) is 3.23. The molecule has 0 N–H and O–H groups in total. The number of hydrogen-bond acceptors (Lipinski definition) is 3. The molecule has 0 amide bonds. The summed E-state index contributed by atoms with van der Waals surface area (Å²) in [6, 6.07) is 10.5. The van der Waals surface area contributed by atoms with Crippen LogP contribution in [0.15, 0.2) is 46.5 Å². The van der Waals surface area contributed by atoms with Crippen molar-refractivity contribution in [2.24, 2.45) is 0 Å². The van der Waals surface area contributed by atoms with Crippen molar-refractivity contribution in [2.75, 3.05) is 5.75 Å². The van der Waals surface area contributed by atoms with Crippen LogP contribution >= 0.6 is 27.7 Å². The summed E-state index contributed by atoms with van der Waals surface area (Å²) in [7, 11) is 0. The molecule has 1 aromatic heterocycles. The minimum absolute atomic E-state index is 0.604. The monoisotopic (exact) mass is 349 g/mol. The Hall–Kier alpha value is -1.07. The lowest BCUT2D eigenvalue weighted by atomic mass is 10.2. The largest absolute Gasteiger partial charge is 0.301 e. The maximum absolute atomic E-state index is 4.40. The third kappa shape index (κ3) is 3.33. The fourth-order valence-electron chi connectivity index (χ4n) is 2.11. The fourth-order valence-corrected chi connectivity index (χ4v) is 3.15. The Morgan fingerprint density at radius 2 is 2.05 bits per heavy atom. The van der Waals surface area contributed by atoms with Gasteiger partial charge in [-0.3, -0.25) is 0 Å². The van der Waals surface area contributed by atoms with Crippen LogP contribution in [-0.2, 0) is 6.54 Å². The summed E-state index contributed by atoms with van der Waals surface area (Å²) in [6.07, 6.45) is 2.48. The van der Waals surface area contributed by atoms with Crippen molar-refractivity contribution in [1.29, 1.82) is 0 Å². The Morgan fingerprint density at radius 3 is 2.70 bits per heavy atom. The number of benzene rings is 1. The second-order valence-corrected chi connectivity index (χ2v) is 7.06. The standard InChI is InChI=1S/C15H16BrN3S/c1-11(16)10-20-15-18-17-14(13-7-8-13)19(15)9-12-5-3-2-4-6-12/h2-6,13H,1,7-10H2. The molecule has 1 fully saturated rings. The van der Waals surface area contributed by atoms with Gasteiger partial charge in [0, 0.05) is 11.7 Å². The van der Waals surface area contributed by atoms with Crippen molar-refractivity contribution < 1.29 is 0 Å². The molecule has 0 bridgehead atoms. The van der Waals surface area contributed by atoms with Gasteiger partial charge in [-0.2, -0.15) is 0 Å². The lowest BCUT2D eigenvalue weighted by Crippen LogP contribution is -2.06. The van der Waals surface area contributed by atoms with Gasteiger partial charge in [0.15, 0.2) is 5.16 Å². The minimum atomic E-state index is 0.604. The van der Waals surface area contributed by atoms with Crippen molar-refractivity contribution in [3.63, 3.8) is 0 Å². The van der Waals surface area contributed by atoms with E-state index in [1.54, 1.807) is 11.8 Å². The van der Waals surface area contributed by atoms with Crippen molar-refractivity contribution in [3.8, 4) is 0 Å². The molecule has 0 unspecified atom stereocenters. The topological polar surface area (TPSA) is 30.7 Å². The van der Waals surface area contributed by atoms with Crippen molar-refractivity contribution in [1.82, 2.24) is 14.8 Å². The smallest absolute Gasteiger partial charge is 0.191 e. The van der Waals surface area contributed by atoms with Gasteiger partial charge in [0.05, 0.1) is 6.54 Å². The van der Waals surface area contributed by atoms with Crippen LogP contribution in [0, 0.1) is 0 Å². The van der Waals surface area contributed by atoms with Crippen LogP contribution in [0.1, 0.15) is 30.1 Å². The van der Waals surface area contributed by atoms with Gasteiger partial charge >= 0.3 is 0 Å². The molecule has 1 aliphatic carbocycles. The van der Waals surface area contributed by atoms with Crippen molar-refractivity contribution in [2.45, 2.75) is 30.5 Å². The number of nitrogens with zero attached hydrogens (tertiary/aromatic N) is 3. The average Bonchev–Trinajstić information content (AvgIpc) is 3.21. The molecule has 1 aliphatic rings. The Labute approximate surface area is 131 Å². The van der Waals surface area contributed by atoms with E-state index in [2.05, 4.69) is 61.5 Å². The van der Waals surface area contributed by atoms with Crippen LogP contribution in [0.4, 0.5) is 0 Å². The first-order valence-electron chi connectivity index (χ1n) is 6.67. The highest BCUT2D eigenvalue weighted by Gasteiger charge is 2.30. The minimum Gasteiger partial charge on any atom is -0.301 e. The van der Waals surface area contributed by atoms with E-state index >= 15 is 0 Å². The highest BCUT2D eigenvalue weighted by atomic mass is 79.9. The highest BCUT2D eigenvalue weighted by molar-refractivity contribution is 9.11. The average molecular weight is 350 g/mol. The third-order valence-corrected chi connectivity index (χ3v) is 4.93. The Balaban J connectivity index is 1.85. The lowest BCUT2D eigenvalue weighted by Gasteiger charge is -2.09.